The molecule has 28 heavy (non-hydrogen) atoms. The van der Waals surface area contributed by atoms with Crippen molar-refractivity contribution in [3.8, 4) is 5.75 Å². The third-order valence-electron chi connectivity index (χ3n) is 5.37. The highest BCUT2D eigenvalue weighted by atomic mass is 16.5. The van der Waals surface area contributed by atoms with Gasteiger partial charge in [-0.15, -0.1) is 4.59 Å². The first-order valence-electron chi connectivity index (χ1n) is 9.54. The number of fused-ring (bicyclic) bond motifs is 1. The highest BCUT2D eigenvalue weighted by Crippen LogP contribution is 2.39. The molecule has 0 bridgehead atoms. The molecule has 0 amide bonds. The molecule has 142 valence electrons. The minimum Gasteiger partial charge on any atom is -0.487 e. The van der Waals surface area contributed by atoms with Gasteiger partial charge < -0.3 is 9.26 Å². The number of aliphatic imine (C=N–C) groups is 2. The van der Waals surface area contributed by atoms with Gasteiger partial charge in [-0.05, 0) is 38.3 Å². The van der Waals surface area contributed by atoms with E-state index in [1.165, 1.54) is 6.42 Å². The molecule has 5 rings (SSSR count). The van der Waals surface area contributed by atoms with E-state index < -0.39 is 0 Å². The first-order chi connectivity index (χ1) is 13.7. The van der Waals surface area contributed by atoms with Crippen molar-refractivity contribution in [1.82, 2.24) is 5.16 Å². The monoisotopic (exact) mass is 376 g/mol. The summed E-state index contributed by atoms with van der Waals surface area (Å²) in [6.07, 6.45) is 13.2. The van der Waals surface area contributed by atoms with Crippen LogP contribution in [0.1, 0.15) is 30.7 Å². The van der Waals surface area contributed by atoms with Gasteiger partial charge in [-0.25, -0.2) is 10.0 Å². The smallest absolute Gasteiger partial charge is 0.225 e. The number of aryl methyl sites for hydroxylation is 1. The number of anilines is 1. The van der Waals surface area contributed by atoms with E-state index in [0.29, 0.717) is 17.2 Å². The van der Waals surface area contributed by atoms with Crippen molar-refractivity contribution in [2.24, 2.45) is 9.98 Å². The van der Waals surface area contributed by atoms with Crippen molar-refractivity contribution >= 4 is 18.2 Å². The van der Waals surface area contributed by atoms with E-state index in [2.05, 4.69) is 38.5 Å². The Bertz CT molecular complexity index is 1000. The maximum Gasteiger partial charge on any atom is 0.225 e. The topological polar surface area (TPSA) is 63.2 Å². The third kappa shape index (κ3) is 2.84. The summed E-state index contributed by atoms with van der Waals surface area (Å²) in [6, 6.07) is 10.5. The van der Waals surface area contributed by atoms with Gasteiger partial charge in [-0.3, -0.25) is 4.99 Å². The zero-order chi connectivity index (χ0) is 19.0. The van der Waals surface area contributed by atoms with Crippen LogP contribution in [0.4, 0.5) is 5.69 Å². The standard InChI is InChI=1S/C21H22N5O2/c1-16-10-17(24-28-16)14-27-21-7-3-6-19(11-21)25(18-4-2-5-18)26-9-8-22-12-20(26)13-23-15-26/h3,6-13,15,18H,2,4-5,14H2,1H3/q+1. The number of hydrogen-bond acceptors (Lipinski definition) is 6. The molecule has 1 atom stereocenters. The van der Waals surface area contributed by atoms with Crippen LogP contribution in [0.25, 0.3) is 0 Å². The van der Waals surface area contributed by atoms with Gasteiger partial charge in [0.1, 0.15) is 23.8 Å². The first kappa shape index (κ1) is 16.9. The van der Waals surface area contributed by atoms with Crippen LogP contribution in [0.5, 0.6) is 5.75 Å². The van der Waals surface area contributed by atoms with Crippen LogP contribution in [0, 0.1) is 6.92 Å². The molecule has 0 spiro atoms. The lowest BCUT2D eigenvalue weighted by atomic mass is 9.91. The molecule has 2 aromatic rings. The Morgan fingerprint density at radius 1 is 1.25 bits per heavy atom. The Kier molecular flexibility index (Phi) is 4.09. The minimum atomic E-state index is 0.378. The lowest BCUT2D eigenvalue weighted by Crippen LogP contribution is -2.61. The molecule has 1 aromatic carbocycles. The molecule has 1 fully saturated rings. The fraction of sp³-hybridized carbons (Fsp3) is 0.286. The molecule has 3 heterocycles. The SMILES string of the molecule is Cc1cc(COc2cccc(N(C3CCC3)[N+]34C=CN=CC3=CN=C4)c2)no1. The average molecular weight is 376 g/mol. The van der Waals surface area contributed by atoms with Gasteiger partial charge >= 0.3 is 0 Å². The number of rotatable bonds is 6. The summed E-state index contributed by atoms with van der Waals surface area (Å²) in [7, 11) is 0. The first-order valence-corrected chi connectivity index (χ1v) is 9.54. The predicted molar refractivity (Wildman–Crippen MR) is 107 cm³/mol. The highest BCUT2D eigenvalue weighted by molar-refractivity contribution is 5.82. The Labute approximate surface area is 163 Å². The average Bonchev–Trinajstić information content (AvgIpc) is 3.29. The third-order valence-corrected chi connectivity index (χ3v) is 5.37. The van der Waals surface area contributed by atoms with E-state index in [9.17, 15) is 0 Å². The molecular weight excluding hydrogens is 354 g/mol. The summed E-state index contributed by atoms with van der Waals surface area (Å²) in [5, 5.41) is 6.40. The predicted octanol–water partition coefficient (Wildman–Crippen LogP) is 4.09. The second-order valence-corrected chi connectivity index (χ2v) is 7.28. The maximum atomic E-state index is 5.98. The van der Waals surface area contributed by atoms with Crippen molar-refractivity contribution in [2.45, 2.75) is 38.8 Å². The molecule has 7 heteroatoms. The number of aromatic nitrogens is 1. The second-order valence-electron chi connectivity index (χ2n) is 7.28. The number of hydrogen-bond donors (Lipinski definition) is 0. The van der Waals surface area contributed by atoms with Crippen LogP contribution in [0.2, 0.25) is 0 Å². The number of allylic oxidation sites excluding steroid dienone is 1. The van der Waals surface area contributed by atoms with Gasteiger partial charge in [0.25, 0.3) is 0 Å². The number of quaternary nitrogens is 1. The summed E-state index contributed by atoms with van der Waals surface area (Å²) >= 11 is 0. The van der Waals surface area contributed by atoms with Crippen LogP contribution in [0.3, 0.4) is 0 Å². The van der Waals surface area contributed by atoms with Crippen LogP contribution in [0.15, 0.2) is 69.1 Å². The van der Waals surface area contributed by atoms with E-state index >= 15 is 0 Å². The molecule has 7 nitrogen and oxygen atoms in total. The van der Waals surface area contributed by atoms with Crippen molar-refractivity contribution in [3.05, 3.63) is 66.1 Å². The van der Waals surface area contributed by atoms with E-state index in [1.807, 2.05) is 50.1 Å². The Hall–Kier alpha value is -3.19. The number of ether oxygens (including phenoxy) is 1. The van der Waals surface area contributed by atoms with Crippen molar-refractivity contribution < 1.29 is 13.9 Å². The summed E-state index contributed by atoms with van der Waals surface area (Å²) in [5.41, 5.74) is 2.92. The highest BCUT2D eigenvalue weighted by Gasteiger charge is 2.46. The molecule has 1 aliphatic carbocycles. The van der Waals surface area contributed by atoms with Crippen molar-refractivity contribution in [3.63, 3.8) is 0 Å². The number of nitrogens with zero attached hydrogens (tertiary/aromatic N) is 5. The van der Waals surface area contributed by atoms with E-state index in [4.69, 9.17) is 9.26 Å². The molecule has 3 aliphatic rings. The van der Waals surface area contributed by atoms with Crippen molar-refractivity contribution in [2.75, 3.05) is 5.01 Å². The zero-order valence-electron chi connectivity index (χ0n) is 15.7. The van der Waals surface area contributed by atoms with Crippen LogP contribution in [-0.4, -0.2) is 28.3 Å². The van der Waals surface area contributed by atoms with Crippen LogP contribution >= 0.6 is 0 Å². The second kappa shape index (κ2) is 6.76. The van der Waals surface area contributed by atoms with Crippen molar-refractivity contribution in [1.29, 1.82) is 0 Å². The van der Waals surface area contributed by atoms with Gasteiger partial charge in [-0.1, -0.05) is 11.2 Å². The number of benzene rings is 1. The fourth-order valence-electron chi connectivity index (χ4n) is 3.79. The zero-order valence-corrected chi connectivity index (χ0v) is 15.7. The molecule has 0 N–H and O–H groups in total. The molecule has 0 radical (unpaired) electrons. The molecular formula is C21H22N5O2+. The lowest BCUT2D eigenvalue weighted by Gasteiger charge is -2.46. The van der Waals surface area contributed by atoms with E-state index in [1.54, 1.807) is 0 Å². The van der Waals surface area contributed by atoms with Gasteiger partial charge in [0.05, 0.1) is 30.3 Å². The van der Waals surface area contributed by atoms with E-state index in [-0.39, 0.29) is 0 Å². The molecule has 1 aromatic heterocycles. The Morgan fingerprint density at radius 3 is 2.96 bits per heavy atom. The van der Waals surface area contributed by atoms with Crippen LogP contribution < -0.4 is 9.75 Å². The van der Waals surface area contributed by atoms with Gasteiger partial charge in [0.15, 0.2) is 6.20 Å². The largest absolute Gasteiger partial charge is 0.487 e. The lowest BCUT2D eigenvalue weighted by molar-refractivity contribution is -0.746. The van der Waals surface area contributed by atoms with Gasteiger partial charge in [0.2, 0.25) is 12.0 Å². The molecule has 0 saturated heterocycles. The molecule has 2 aliphatic heterocycles. The van der Waals surface area contributed by atoms with Gasteiger partial charge in [0, 0.05) is 12.1 Å². The summed E-state index contributed by atoms with van der Waals surface area (Å²) in [5.74, 6) is 1.59. The maximum absolute atomic E-state index is 5.98. The summed E-state index contributed by atoms with van der Waals surface area (Å²) in [4.78, 5) is 8.73. The fourth-order valence-corrected chi connectivity index (χ4v) is 3.79. The quantitative estimate of drug-likeness (QED) is 0.713. The summed E-state index contributed by atoms with van der Waals surface area (Å²) in [6.45, 7) is 2.25. The Balaban J connectivity index is 1.45. The molecule has 1 saturated carbocycles. The van der Waals surface area contributed by atoms with Gasteiger partial charge in [-0.2, -0.15) is 0 Å². The Morgan fingerprint density at radius 2 is 2.18 bits per heavy atom. The minimum absolute atomic E-state index is 0.378. The van der Waals surface area contributed by atoms with Crippen LogP contribution in [-0.2, 0) is 6.61 Å². The normalized spacial score (nSPS) is 22.7. The summed E-state index contributed by atoms with van der Waals surface area (Å²) < 4.78 is 11.5. The van der Waals surface area contributed by atoms with E-state index in [0.717, 1.165) is 41.4 Å². The molecule has 1 unspecified atom stereocenters.